The van der Waals surface area contributed by atoms with Crippen LogP contribution in [0.3, 0.4) is 0 Å². The fourth-order valence-electron chi connectivity index (χ4n) is 1.61. The molecule has 0 aliphatic heterocycles. The predicted octanol–water partition coefficient (Wildman–Crippen LogP) is 3.64. The van der Waals surface area contributed by atoms with E-state index in [1.165, 1.54) is 18.4 Å². The highest BCUT2D eigenvalue weighted by Gasteiger charge is 2.24. The maximum absolute atomic E-state index is 13.3. The highest BCUT2D eigenvalue weighted by Crippen LogP contribution is 2.40. The molecule has 1 atom stereocenters. The minimum Gasteiger partial charge on any atom is -0.207 e. The van der Waals surface area contributed by atoms with Crippen LogP contribution in [0.5, 0.6) is 0 Å². The Balaban J connectivity index is 2.36. The Hall–Kier alpha value is -0.850. The summed E-state index contributed by atoms with van der Waals surface area (Å²) in [6, 6.07) is 5.45. The smallest absolute Gasteiger partial charge is 0.126 e. The molecule has 0 N–H and O–H groups in total. The lowest BCUT2D eigenvalue weighted by Gasteiger charge is -2.08. The first kappa shape index (κ1) is 8.74. The Morgan fingerprint density at radius 1 is 1.46 bits per heavy atom. The zero-order valence-corrected chi connectivity index (χ0v) is 7.89. The van der Waals surface area contributed by atoms with Crippen molar-refractivity contribution in [1.29, 1.82) is 0 Å². The van der Waals surface area contributed by atoms with E-state index in [-0.39, 0.29) is 11.7 Å². The quantitative estimate of drug-likeness (QED) is 0.647. The number of benzene rings is 1. The summed E-state index contributed by atoms with van der Waals surface area (Å²) >= 11 is 0. The van der Waals surface area contributed by atoms with Crippen LogP contribution in [-0.4, -0.2) is 0 Å². The van der Waals surface area contributed by atoms with Gasteiger partial charge in [-0.1, -0.05) is 19.1 Å². The molecule has 0 amide bonds. The molecule has 0 nitrogen and oxygen atoms in total. The van der Waals surface area contributed by atoms with Crippen molar-refractivity contribution in [2.45, 2.75) is 31.6 Å². The molecule has 1 radical (unpaired) electrons. The Morgan fingerprint density at radius 3 is 2.69 bits per heavy atom. The second-order valence-electron chi connectivity index (χ2n) is 3.96. The molecular weight excluding hydrogens is 163 g/mol. The summed E-state index contributed by atoms with van der Waals surface area (Å²) in [4.78, 5) is 0. The van der Waals surface area contributed by atoms with Gasteiger partial charge in [0.1, 0.15) is 5.82 Å². The molecule has 2 rings (SSSR count). The summed E-state index contributed by atoms with van der Waals surface area (Å²) in [6.45, 7) is 5.78. The van der Waals surface area contributed by atoms with Gasteiger partial charge in [0.2, 0.25) is 0 Å². The van der Waals surface area contributed by atoms with E-state index in [0.717, 1.165) is 5.56 Å². The van der Waals surface area contributed by atoms with Crippen LogP contribution in [0.15, 0.2) is 18.2 Å². The molecule has 1 saturated carbocycles. The number of hydrogen-bond donors (Lipinski definition) is 0. The van der Waals surface area contributed by atoms with E-state index in [0.29, 0.717) is 5.92 Å². The lowest BCUT2D eigenvalue weighted by molar-refractivity contribution is 0.603. The Bertz CT molecular complexity index is 311. The normalized spacial score (nSPS) is 16.6. The third kappa shape index (κ3) is 1.74. The van der Waals surface area contributed by atoms with Gasteiger partial charge in [0.25, 0.3) is 0 Å². The number of halogens is 1. The van der Waals surface area contributed by atoms with Crippen molar-refractivity contribution < 1.29 is 4.39 Å². The molecular formula is C12H14F. The number of rotatable bonds is 2. The van der Waals surface area contributed by atoms with Crippen molar-refractivity contribution in [3.8, 4) is 0 Å². The van der Waals surface area contributed by atoms with Crippen LogP contribution >= 0.6 is 0 Å². The molecule has 1 fully saturated rings. The summed E-state index contributed by atoms with van der Waals surface area (Å²) in [5.74, 6) is 0.615. The molecule has 0 spiro atoms. The highest BCUT2D eigenvalue weighted by molar-refractivity contribution is 5.32. The van der Waals surface area contributed by atoms with E-state index in [9.17, 15) is 4.39 Å². The predicted molar refractivity (Wildman–Crippen MR) is 52.1 cm³/mol. The van der Waals surface area contributed by atoms with Gasteiger partial charge in [-0.05, 0) is 48.8 Å². The molecule has 1 aliphatic rings. The van der Waals surface area contributed by atoms with Gasteiger partial charge in [0, 0.05) is 0 Å². The lowest BCUT2D eigenvalue weighted by Crippen LogP contribution is -1.94. The van der Waals surface area contributed by atoms with E-state index in [1.54, 1.807) is 6.07 Å². The van der Waals surface area contributed by atoms with Crippen molar-refractivity contribution in [3.63, 3.8) is 0 Å². The van der Waals surface area contributed by atoms with Gasteiger partial charge in [-0.3, -0.25) is 0 Å². The third-order valence-electron chi connectivity index (χ3n) is 2.60. The fourth-order valence-corrected chi connectivity index (χ4v) is 1.61. The van der Waals surface area contributed by atoms with Crippen LogP contribution in [0.2, 0.25) is 0 Å². The van der Waals surface area contributed by atoms with Crippen molar-refractivity contribution >= 4 is 0 Å². The Labute approximate surface area is 78.8 Å². The molecule has 0 heterocycles. The minimum atomic E-state index is -0.119. The van der Waals surface area contributed by atoms with E-state index in [1.807, 2.05) is 19.1 Å². The van der Waals surface area contributed by atoms with Gasteiger partial charge in [-0.15, -0.1) is 0 Å². The molecule has 1 aromatic rings. The minimum absolute atomic E-state index is 0.0405. The molecule has 1 aliphatic carbocycles. The van der Waals surface area contributed by atoms with Crippen molar-refractivity contribution in [1.82, 2.24) is 0 Å². The molecule has 0 saturated heterocycles. The first-order chi connectivity index (χ1) is 6.18. The third-order valence-corrected chi connectivity index (χ3v) is 2.60. The second-order valence-corrected chi connectivity index (χ2v) is 3.96. The zero-order chi connectivity index (χ0) is 9.42. The van der Waals surface area contributed by atoms with Crippen LogP contribution in [0.4, 0.5) is 4.39 Å². The van der Waals surface area contributed by atoms with Crippen molar-refractivity contribution in [3.05, 3.63) is 42.1 Å². The number of hydrogen-bond acceptors (Lipinski definition) is 0. The summed E-state index contributed by atoms with van der Waals surface area (Å²) in [7, 11) is 0. The van der Waals surface area contributed by atoms with Gasteiger partial charge >= 0.3 is 0 Å². The van der Waals surface area contributed by atoms with Gasteiger partial charge in [-0.2, -0.15) is 0 Å². The molecule has 1 heteroatoms. The van der Waals surface area contributed by atoms with Crippen molar-refractivity contribution in [2.75, 3.05) is 0 Å². The average molecular weight is 177 g/mol. The maximum Gasteiger partial charge on any atom is 0.126 e. The maximum atomic E-state index is 13.3. The molecule has 1 unspecified atom stereocenters. The molecule has 0 bridgehead atoms. The summed E-state index contributed by atoms with van der Waals surface area (Å²) in [6.07, 6.45) is 2.52. The summed E-state index contributed by atoms with van der Waals surface area (Å²) in [5, 5.41) is 0. The van der Waals surface area contributed by atoms with Crippen LogP contribution < -0.4 is 0 Å². The average Bonchev–Trinajstić information content (AvgIpc) is 2.87. The van der Waals surface area contributed by atoms with Crippen molar-refractivity contribution in [2.24, 2.45) is 0 Å². The van der Waals surface area contributed by atoms with E-state index >= 15 is 0 Å². The van der Waals surface area contributed by atoms with E-state index in [2.05, 4.69) is 6.92 Å². The zero-order valence-electron chi connectivity index (χ0n) is 7.89. The van der Waals surface area contributed by atoms with Gasteiger partial charge in [-0.25, -0.2) is 4.39 Å². The largest absolute Gasteiger partial charge is 0.207 e. The van der Waals surface area contributed by atoms with E-state index < -0.39 is 0 Å². The van der Waals surface area contributed by atoms with Crippen LogP contribution in [0.25, 0.3) is 0 Å². The van der Waals surface area contributed by atoms with Gasteiger partial charge < -0.3 is 0 Å². The Kier molecular flexibility index (Phi) is 2.10. The van der Waals surface area contributed by atoms with Gasteiger partial charge in [0.05, 0.1) is 0 Å². The molecule has 1 aromatic carbocycles. The first-order valence-corrected chi connectivity index (χ1v) is 4.81. The summed E-state index contributed by atoms with van der Waals surface area (Å²) in [5.41, 5.74) is 2.04. The standard InChI is InChI=1S/C12H14F/c1-8(2)11-7-10(9-3-4-9)5-6-12(11)13/h5-9H,1,3-4H2,2H3. The fraction of sp³-hybridized carbons (Fsp3) is 0.417. The highest BCUT2D eigenvalue weighted by atomic mass is 19.1. The summed E-state index contributed by atoms with van der Waals surface area (Å²) < 4.78 is 13.3. The van der Waals surface area contributed by atoms with Crippen LogP contribution in [0.1, 0.15) is 42.7 Å². The SMILES string of the molecule is [CH2]C(C)c1cc(C2CC2)ccc1F. The molecule has 13 heavy (non-hydrogen) atoms. The van der Waals surface area contributed by atoms with Gasteiger partial charge in [0.15, 0.2) is 0 Å². The lowest BCUT2D eigenvalue weighted by atomic mass is 9.98. The topological polar surface area (TPSA) is 0 Å². The van der Waals surface area contributed by atoms with Crippen LogP contribution in [0, 0.1) is 12.7 Å². The molecule has 0 aromatic heterocycles. The Morgan fingerprint density at radius 2 is 2.15 bits per heavy atom. The molecule has 69 valence electrons. The van der Waals surface area contributed by atoms with Crippen LogP contribution in [-0.2, 0) is 0 Å². The first-order valence-electron chi connectivity index (χ1n) is 4.81. The second kappa shape index (κ2) is 3.13. The monoisotopic (exact) mass is 177 g/mol. The van der Waals surface area contributed by atoms with E-state index in [4.69, 9.17) is 0 Å².